The van der Waals surface area contributed by atoms with Crippen molar-refractivity contribution in [2.75, 3.05) is 13.1 Å². The number of rotatable bonds is 7. The molecular weight excluding hydrogens is 878 g/mol. The molecular formula is C33H31F12N9O8. The van der Waals surface area contributed by atoms with E-state index in [1.165, 1.54) is 19.3 Å². The first kappa shape index (κ1) is 50.0. The number of hydrogen-bond acceptors (Lipinski definition) is 12. The second-order valence-corrected chi connectivity index (χ2v) is 13.2. The monoisotopic (exact) mass is 909 g/mol. The molecule has 0 spiro atoms. The van der Waals surface area contributed by atoms with E-state index in [9.17, 15) is 63.1 Å². The van der Waals surface area contributed by atoms with Crippen molar-refractivity contribution in [1.29, 1.82) is 5.26 Å². The Labute approximate surface area is 338 Å². The van der Waals surface area contributed by atoms with Crippen molar-refractivity contribution in [3.63, 3.8) is 0 Å². The SMILES string of the molecule is CC(O)c1cc(OC2CCC(N3CC(CC#N)(n4cc(-c5ncnc6[nH]ccc56)cn4)C3)CC2)nc(C(F)(F)F)n1.O=C(O)C(F)(F)F.O=C(O)C(F)(F)F.O=C(O)C(F)(F)F. The highest BCUT2D eigenvalue weighted by molar-refractivity contribution is 5.90. The first-order chi connectivity index (χ1) is 28.5. The number of aliphatic hydroxyl groups is 1. The number of ether oxygens (including phenoxy) is 1. The summed E-state index contributed by atoms with van der Waals surface area (Å²) in [6.07, 6.45) is -11.2. The number of carboxylic acids is 3. The van der Waals surface area contributed by atoms with Crippen LogP contribution in [0.1, 0.15) is 56.7 Å². The van der Waals surface area contributed by atoms with E-state index in [-0.39, 0.29) is 23.7 Å². The molecule has 2 fully saturated rings. The molecule has 1 aliphatic heterocycles. The summed E-state index contributed by atoms with van der Waals surface area (Å²) in [6, 6.07) is 5.77. The fourth-order valence-electron chi connectivity index (χ4n) is 5.80. The van der Waals surface area contributed by atoms with Crippen molar-refractivity contribution < 1.29 is 92.2 Å². The van der Waals surface area contributed by atoms with Crippen molar-refractivity contribution in [1.82, 2.24) is 39.6 Å². The molecule has 0 aromatic carbocycles. The highest BCUT2D eigenvalue weighted by Crippen LogP contribution is 2.39. The van der Waals surface area contributed by atoms with Crippen LogP contribution in [-0.4, -0.2) is 122 Å². The van der Waals surface area contributed by atoms with E-state index in [0.29, 0.717) is 32.4 Å². The van der Waals surface area contributed by atoms with Gasteiger partial charge in [0, 0.05) is 48.5 Å². The van der Waals surface area contributed by atoms with Crippen LogP contribution in [0.4, 0.5) is 52.7 Å². The molecule has 1 aliphatic carbocycles. The van der Waals surface area contributed by atoms with E-state index >= 15 is 0 Å². The summed E-state index contributed by atoms with van der Waals surface area (Å²) >= 11 is 0. The van der Waals surface area contributed by atoms with Crippen LogP contribution in [-0.2, 0) is 26.1 Å². The van der Waals surface area contributed by atoms with Gasteiger partial charge in [0.1, 0.15) is 23.6 Å². The molecule has 0 radical (unpaired) electrons. The third-order valence-corrected chi connectivity index (χ3v) is 8.68. The lowest BCUT2D eigenvalue weighted by molar-refractivity contribution is -0.193. The minimum atomic E-state index is -5.08. The zero-order valence-corrected chi connectivity index (χ0v) is 31.2. The quantitative estimate of drug-likeness (QED) is 0.135. The largest absolute Gasteiger partial charge is 0.490 e. The van der Waals surface area contributed by atoms with Gasteiger partial charge < -0.3 is 30.1 Å². The van der Waals surface area contributed by atoms with Gasteiger partial charge in [-0.3, -0.25) is 9.58 Å². The van der Waals surface area contributed by atoms with Crippen LogP contribution >= 0.6 is 0 Å². The topological polar surface area (TPSA) is 254 Å². The smallest absolute Gasteiger partial charge is 0.475 e. The number of fused-ring (bicyclic) bond motifs is 1. The third kappa shape index (κ3) is 13.6. The average Bonchev–Trinajstić information content (AvgIpc) is 3.84. The number of carboxylic acid groups (broad SMARTS) is 3. The average molecular weight is 910 g/mol. The molecule has 5 heterocycles. The number of nitrogens with zero attached hydrogens (tertiary/aromatic N) is 8. The number of carbonyl (C=O) groups is 3. The minimum Gasteiger partial charge on any atom is -0.475 e. The molecule has 5 N–H and O–H groups in total. The zero-order valence-electron chi connectivity index (χ0n) is 31.2. The van der Waals surface area contributed by atoms with E-state index < -0.39 is 60.1 Å². The van der Waals surface area contributed by atoms with Crippen molar-refractivity contribution in [2.24, 2.45) is 0 Å². The van der Waals surface area contributed by atoms with Crippen LogP contribution in [0.2, 0.25) is 0 Å². The second kappa shape index (κ2) is 19.6. The summed E-state index contributed by atoms with van der Waals surface area (Å²) in [6.45, 7) is 2.68. The maximum Gasteiger partial charge on any atom is 0.490 e. The summed E-state index contributed by atoms with van der Waals surface area (Å²) in [5, 5.41) is 46.3. The zero-order chi connectivity index (χ0) is 47.0. The van der Waals surface area contributed by atoms with Gasteiger partial charge in [-0.2, -0.15) is 68.0 Å². The van der Waals surface area contributed by atoms with Gasteiger partial charge >= 0.3 is 42.6 Å². The number of hydrogen-bond donors (Lipinski definition) is 5. The second-order valence-electron chi connectivity index (χ2n) is 13.2. The molecule has 4 aromatic rings. The van der Waals surface area contributed by atoms with Gasteiger partial charge in [0.05, 0.1) is 36.2 Å². The van der Waals surface area contributed by atoms with Crippen molar-refractivity contribution in [3.8, 4) is 23.2 Å². The Bertz CT molecular complexity index is 2150. The summed E-state index contributed by atoms with van der Waals surface area (Å²) in [7, 11) is 0. The molecule has 340 valence electrons. The number of likely N-dealkylation sites (tertiary alicyclic amines) is 1. The molecule has 29 heteroatoms. The van der Waals surface area contributed by atoms with Crippen molar-refractivity contribution in [2.45, 2.75) is 87.5 Å². The molecule has 0 amide bonds. The van der Waals surface area contributed by atoms with E-state index in [4.69, 9.17) is 34.4 Å². The van der Waals surface area contributed by atoms with Crippen LogP contribution < -0.4 is 4.74 Å². The highest BCUT2D eigenvalue weighted by Gasteiger charge is 2.48. The van der Waals surface area contributed by atoms with Gasteiger partial charge in [-0.15, -0.1) is 0 Å². The van der Waals surface area contributed by atoms with Crippen LogP contribution in [0.15, 0.2) is 37.1 Å². The predicted molar refractivity (Wildman–Crippen MR) is 180 cm³/mol. The molecule has 6 rings (SSSR count). The Balaban J connectivity index is 0.000000403. The summed E-state index contributed by atoms with van der Waals surface area (Å²) in [4.78, 5) is 47.8. The molecule has 62 heavy (non-hydrogen) atoms. The maximum atomic E-state index is 13.3. The van der Waals surface area contributed by atoms with Gasteiger partial charge in [-0.05, 0) is 38.7 Å². The van der Waals surface area contributed by atoms with Crippen LogP contribution in [0.5, 0.6) is 5.88 Å². The molecule has 17 nitrogen and oxygen atoms in total. The fraction of sp³-hybridized carbons (Fsp3) is 0.485. The van der Waals surface area contributed by atoms with Crippen LogP contribution in [0.25, 0.3) is 22.3 Å². The van der Waals surface area contributed by atoms with Gasteiger partial charge in [-0.25, -0.2) is 29.3 Å². The summed E-state index contributed by atoms with van der Waals surface area (Å²) < 4.78 is 143. The number of nitriles is 1. The van der Waals surface area contributed by atoms with Crippen LogP contribution in [0.3, 0.4) is 0 Å². The van der Waals surface area contributed by atoms with Crippen molar-refractivity contribution >= 4 is 28.9 Å². The van der Waals surface area contributed by atoms with Gasteiger partial charge in [0.15, 0.2) is 0 Å². The Kier molecular flexibility index (Phi) is 15.8. The first-order valence-corrected chi connectivity index (χ1v) is 17.1. The number of aliphatic hydroxyl groups excluding tert-OH is 1. The van der Waals surface area contributed by atoms with Gasteiger partial charge in [-0.1, -0.05) is 0 Å². The van der Waals surface area contributed by atoms with Gasteiger partial charge in [0.25, 0.3) is 0 Å². The number of halogens is 12. The molecule has 1 saturated carbocycles. The number of aliphatic carboxylic acids is 3. The predicted octanol–water partition coefficient (Wildman–Crippen LogP) is 5.90. The van der Waals surface area contributed by atoms with E-state index in [1.54, 1.807) is 6.20 Å². The lowest BCUT2D eigenvalue weighted by atomic mass is 9.82. The molecule has 1 unspecified atom stereocenters. The number of nitrogens with one attached hydrogen (secondary N) is 1. The normalized spacial score (nSPS) is 18.2. The Hall–Kier alpha value is -6.31. The summed E-state index contributed by atoms with van der Waals surface area (Å²) in [5.41, 5.74) is 1.78. The number of H-pyrrole nitrogens is 1. The fourth-order valence-corrected chi connectivity index (χ4v) is 5.80. The number of aromatic nitrogens is 7. The Morgan fingerprint density at radius 3 is 1.90 bits per heavy atom. The summed E-state index contributed by atoms with van der Waals surface area (Å²) in [5.74, 6) is -9.78. The lowest BCUT2D eigenvalue weighted by Crippen LogP contribution is -2.65. The van der Waals surface area contributed by atoms with Gasteiger partial charge in [0.2, 0.25) is 11.7 Å². The standard InChI is InChI=1S/C27H28F3N9O2.3C2HF3O2/c1-16(40)21-10-22(37-25(36-21)27(28,29)30)41-19-4-2-18(3-5-19)38-13-26(14-38,7-8-31)39-12-17(11-35-39)23-20-6-9-32-24(20)34-15-33-23;3*3-2(4,5)1(6)7/h6,9-12,15-16,18-19,40H,2-5,7,13-14H2,1H3,(H,32,33,34);3*(H,6,7). The van der Waals surface area contributed by atoms with E-state index in [1.807, 2.05) is 23.1 Å². The van der Waals surface area contributed by atoms with E-state index in [0.717, 1.165) is 35.1 Å². The van der Waals surface area contributed by atoms with Crippen molar-refractivity contribution in [3.05, 3.63) is 48.6 Å². The highest BCUT2D eigenvalue weighted by atomic mass is 19.4. The first-order valence-electron chi connectivity index (χ1n) is 17.1. The lowest BCUT2D eigenvalue weighted by Gasteiger charge is -2.53. The Morgan fingerprint density at radius 2 is 1.44 bits per heavy atom. The molecule has 0 bridgehead atoms. The van der Waals surface area contributed by atoms with Crippen LogP contribution in [0, 0.1) is 11.3 Å². The minimum absolute atomic E-state index is 0.135. The Morgan fingerprint density at radius 1 is 0.903 bits per heavy atom. The molecule has 1 saturated heterocycles. The number of aromatic amines is 1. The number of alkyl halides is 12. The molecule has 4 aromatic heterocycles. The molecule has 1 atom stereocenters. The maximum absolute atomic E-state index is 13.3. The third-order valence-electron chi connectivity index (χ3n) is 8.68. The van der Waals surface area contributed by atoms with E-state index in [2.05, 4.69) is 41.0 Å². The molecule has 2 aliphatic rings.